The number of nitrogens with one attached hydrogen (secondary N) is 2. The van der Waals surface area contributed by atoms with Gasteiger partial charge in [0.15, 0.2) is 0 Å². The quantitative estimate of drug-likeness (QED) is 0.614. The molecule has 0 radical (unpaired) electrons. The third-order valence-corrected chi connectivity index (χ3v) is 3.41. The Morgan fingerprint density at radius 3 is 1.93 bits per heavy atom. The molecular formula is C8H20N2O3S. The normalized spacial score (nSPS) is 15.9. The van der Waals surface area contributed by atoms with Crippen LogP contribution in [0.3, 0.4) is 0 Å². The lowest BCUT2D eigenvalue weighted by molar-refractivity contribution is 0.111. The van der Waals surface area contributed by atoms with Gasteiger partial charge >= 0.3 is 0 Å². The van der Waals surface area contributed by atoms with Crippen LogP contribution in [0.1, 0.15) is 34.6 Å². The summed E-state index contributed by atoms with van der Waals surface area (Å²) in [6.45, 7) is 8.25. The van der Waals surface area contributed by atoms with Crippen LogP contribution < -0.4 is 9.44 Å². The van der Waals surface area contributed by atoms with E-state index < -0.39 is 21.9 Å². The Bertz CT molecular complexity index is 270. The highest BCUT2D eigenvalue weighted by molar-refractivity contribution is 7.87. The van der Waals surface area contributed by atoms with Gasteiger partial charge in [-0.1, -0.05) is 0 Å². The highest BCUT2D eigenvalue weighted by Gasteiger charge is 2.29. The molecule has 0 aromatic rings. The zero-order chi connectivity index (χ0) is 11.6. The molecule has 0 aliphatic heterocycles. The first-order valence-corrected chi connectivity index (χ1v) is 6.04. The van der Waals surface area contributed by atoms with Crippen molar-refractivity contribution in [2.75, 3.05) is 0 Å². The van der Waals surface area contributed by atoms with Crippen LogP contribution in [-0.4, -0.2) is 31.2 Å². The molecule has 1 atom stereocenters. The first-order valence-electron chi connectivity index (χ1n) is 4.56. The van der Waals surface area contributed by atoms with Crippen molar-refractivity contribution in [2.24, 2.45) is 0 Å². The molecular weight excluding hydrogens is 204 g/mol. The van der Waals surface area contributed by atoms with E-state index in [1.807, 2.05) is 0 Å². The molecule has 5 nitrogen and oxygen atoms in total. The lowest BCUT2D eigenvalue weighted by Gasteiger charge is -2.29. The zero-order valence-corrected chi connectivity index (χ0v) is 10.1. The minimum atomic E-state index is -3.54. The Morgan fingerprint density at radius 2 is 1.64 bits per heavy atom. The standard InChI is InChI=1S/C8H20N2O3S/c1-6(2)9-14(12,13)10-8(4,5)7(3)11/h6-7,9-11H,1-5H3. The van der Waals surface area contributed by atoms with Gasteiger partial charge in [-0.3, -0.25) is 0 Å². The molecule has 0 aromatic carbocycles. The molecule has 0 heterocycles. The van der Waals surface area contributed by atoms with Crippen molar-refractivity contribution in [2.45, 2.75) is 52.3 Å². The molecule has 0 spiro atoms. The predicted molar refractivity (Wildman–Crippen MR) is 56.1 cm³/mol. The molecule has 0 aliphatic carbocycles. The molecule has 3 N–H and O–H groups in total. The molecule has 1 unspecified atom stereocenters. The van der Waals surface area contributed by atoms with Gasteiger partial charge in [0.25, 0.3) is 10.2 Å². The van der Waals surface area contributed by atoms with Crippen molar-refractivity contribution >= 4 is 10.2 Å². The average molecular weight is 224 g/mol. The molecule has 0 rings (SSSR count). The van der Waals surface area contributed by atoms with Crippen molar-refractivity contribution in [1.29, 1.82) is 0 Å². The summed E-state index contributed by atoms with van der Waals surface area (Å²) in [4.78, 5) is 0. The van der Waals surface area contributed by atoms with Crippen molar-refractivity contribution in [1.82, 2.24) is 9.44 Å². The van der Waals surface area contributed by atoms with Crippen LogP contribution in [0.25, 0.3) is 0 Å². The van der Waals surface area contributed by atoms with Crippen molar-refractivity contribution in [3.05, 3.63) is 0 Å². The first kappa shape index (κ1) is 13.8. The first-order chi connectivity index (χ1) is 6.07. The second kappa shape index (κ2) is 4.57. The van der Waals surface area contributed by atoms with Gasteiger partial charge in [0.1, 0.15) is 0 Å². The largest absolute Gasteiger partial charge is 0.391 e. The van der Waals surface area contributed by atoms with Crippen molar-refractivity contribution in [3.63, 3.8) is 0 Å². The number of aliphatic hydroxyl groups excluding tert-OH is 1. The van der Waals surface area contributed by atoms with Crippen LogP contribution in [0.2, 0.25) is 0 Å². The van der Waals surface area contributed by atoms with E-state index in [-0.39, 0.29) is 6.04 Å². The summed E-state index contributed by atoms with van der Waals surface area (Å²) in [5.74, 6) is 0. The molecule has 14 heavy (non-hydrogen) atoms. The monoisotopic (exact) mass is 224 g/mol. The van der Waals surface area contributed by atoms with E-state index in [0.717, 1.165) is 0 Å². The second-order valence-electron chi connectivity index (χ2n) is 4.28. The third kappa shape index (κ3) is 4.90. The molecule has 0 aromatic heterocycles. The van der Waals surface area contributed by atoms with E-state index in [4.69, 9.17) is 0 Å². The molecule has 0 fully saturated rings. The van der Waals surface area contributed by atoms with Crippen LogP contribution in [-0.2, 0) is 10.2 Å². The van der Waals surface area contributed by atoms with Crippen LogP contribution in [0.4, 0.5) is 0 Å². The predicted octanol–water partition coefficient (Wildman–Crippen LogP) is -0.0218. The van der Waals surface area contributed by atoms with Gasteiger partial charge in [0.2, 0.25) is 0 Å². The van der Waals surface area contributed by atoms with Crippen molar-refractivity contribution in [3.8, 4) is 0 Å². The third-order valence-electron chi connectivity index (χ3n) is 1.83. The maximum absolute atomic E-state index is 11.4. The van der Waals surface area contributed by atoms with E-state index >= 15 is 0 Å². The number of rotatable bonds is 5. The lowest BCUT2D eigenvalue weighted by atomic mass is 10.0. The number of hydrogen-bond acceptors (Lipinski definition) is 3. The summed E-state index contributed by atoms with van der Waals surface area (Å²) in [7, 11) is -3.54. The topological polar surface area (TPSA) is 78.4 Å². The van der Waals surface area contributed by atoms with Gasteiger partial charge in [-0.25, -0.2) is 0 Å². The number of hydrogen-bond donors (Lipinski definition) is 3. The van der Waals surface area contributed by atoms with Gasteiger partial charge < -0.3 is 5.11 Å². The Morgan fingerprint density at radius 1 is 1.21 bits per heavy atom. The Hall–Kier alpha value is -0.170. The summed E-state index contributed by atoms with van der Waals surface area (Å²) in [5, 5.41) is 9.32. The molecule has 0 saturated heterocycles. The second-order valence-corrected chi connectivity index (χ2v) is 5.72. The van der Waals surface area contributed by atoms with Gasteiger partial charge in [-0.05, 0) is 34.6 Å². The van der Waals surface area contributed by atoms with Crippen LogP contribution in [0.15, 0.2) is 0 Å². The fourth-order valence-corrected chi connectivity index (χ4v) is 2.31. The summed E-state index contributed by atoms with van der Waals surface area (Å²) >= 11 is 0. The fraction of sp³-hybridized carbons (Fsp3) is 1.00. The van der Waals surface area contributed by atoms with E-state index in [1.54, 1.807) is 27.7 Å². The van der Waals surface area contributed by atoms with Gasteiger partial charge in [0.05, 0.1) is 11.6 Å². The molecule has 0 bridgehead atoms. The van der Waals surface area contributed by atoms with E-state index in [0.29, 0.717) is 0 Å². The average Bonchev–Trinajstić information content (AvgIpc) is 1.79. The van der Waals surface area contributed by atoms with Crippen LogP contribution in [0.5, 0.6) is 0 Å². The highest BCUT2D eigenvalue weighted by Crippen LogP contribution is 2.09. The Kier molecular flexibility index (Phi) is 4.51. The SMILES string of the molecule is CC(C)NS(=O)(=O)NC(C)(C)C(C)O. The molecule has 0 amide bonds. The smallest absolute Gasteiger partial charge is 0.277 e. The van der Waals surface area contributed by atoms with E-state index in [2.05, 4.69) is 9.44 Å². The zero-order valence-electron chi connectivity index (χ0n) is 9.33. The van der Waals surface area contributed by atoms with Gasteiger partial charge in [-0.15, -0.1) is 0 Å². The van der Waals surface area contributed by atoms with Crippen LogP contribution in [0, 0.1) is 0 Å². The minimum absolute atomic E-state index is 0.169. The van der Waals surface area contributed by atoms with E-state index in [1.165, 1.54) is 6.92 Å². The van der Waals surface area contributed by atoms with Gasteiger partial charge in [0, 0.05) is 6.04 Å². The minimum Gasteiger partial charge on any atom is -0.391 e. The molecule has 86 valence electrons. The number of aliphatic hydroxyl groups is 1. The Balaban J connectivity index is 4.52. The molecule has 0 saturated carbocycles. The maximum atomic E-state index is 11.4. The summed E-state index contributed by atoms with van der Waals surface area (Å²) in [6.07, 6.45) is -0.758. The van der Waals surface area contributed by atoms with Gasteiger partial charge in [-0.2, -0.15) is 17.9 Å². The lowest BCUT2D eigenvalue weighted by Crippen LogP contribution is -2.55. The fourth-order valence-electron chi connectivity index (χ4n) is 0.771. The maximum Gasteiger partial charge on any atom is 0.277 e. The molecule has 0 aliphatic rings. The summed E-state index contributed by atoms with van der Waals surface area (Å²) in [6, 6.07) is -0.169. The van der Waals surface area contributed by atoms with Crippen LogP contribution >= 0.6 is 0 Å². The Labute approximate surface area is 86.1 Å². The van der Waals surface area contributed by atoms with Crippen molar-refractivity contribution < 1.29 is 13.5 Å². The summed E-state index contributed by atoms with van der Waals surface area (Å²) < 4.78 is 27.6. The summed E-state index contributed by atoms with van der Waals surface area (Å²) in [5.41, 5.74) is -0.874. The van der Waals surface area contributed by atoms with E-state index in [9.17, 15) is 13.5 Å². The highest BCUT2D eigenvalue weighted by atomic mass is 32.2. The molecule has 6 heteroatoms.